The van der Waals surface area contributed by atoms with Crippen LogP contribution < -0.4 is 18.9 Å². The minimum atomic E-state index is -0.570. The summed E-state index contributed by atoms with van der Waals surface area (Å²) in [6.07, 6.45) is 2.76. The Morgan fingerprint density at radius 2 is 1.59 bits per heavy atom. The molecule has 2 aromatic carbocycles. The second-order valence-corrected chi connectivity index (χ2v) is 5.80. The van der Waals surface area contributed by atoms with E-state index < -0.39 is 11.9 Å². The van der Waals surface area contributed by atoms with Gasteiger partial charge in [-0.3, -0.25) is 4.79 Å². The topological polar surface area (TPSA) is 101 Å². The molecular weight excluding hydrogens is 380 g/mol. The minimum Gasteiger partial charge on any atom is -0.504 e. The predicted molar refractivity (Wildman–Crippen MR) is 104 cm³/mol. The SMILES string of the molecule is COc1cc(COC(=O)C=Cc2cc(OC)c(OC(C)=O)c(OC)c2)ccc1O. The molecule has 0 aromatic heterocycles. The Bertz CT molecular complexity index is 892. The summed E-state index contributed by atoms with van der Waals surface area (Å²) < 4.78 is 25.8. The molecule has 0 bridgehead atoms. The highest BCUT2D eigenvalue weighted by Gasteiger charge is 2.15. The fourth-order valence-electron chi connectivity index (χ4n) is 2.42. The van der Waals surface area contributed by atoms with Gasteiger partial charge in [-0.1, -0.05) is 6.07 Å². The summed E-state index contributed by atoms with van der Waals surface area (Å²) in [7, 11) is 4.29. The zero-order chi connectivity index (χ0) is 21.4. The number of rotatable bonds is 8. The number of aromatic hydroxyl groups is 1. The van der Waals surface area contributed by atoms with Gasteiger partial charge in [-0.25, -0.2) is 4.79 Å². The summed E-state index contributed by atoms with van der Waals surface area (Å²) in [5.74, 6) is -0.0712. The molecule has 0 saturated heterocycles. The van der Waals surface area contributed by atoms with Gasteiger partial charge in [0.2, 0.25) is 5.75 Å². The maximum atomic E-state index is 12.0. The Kier molecular flexibility index (Phi) is 7.47. The van der Waals surface area contributed by atoms with Crippen molar-refractivity contribution in [3.05, 3.63) is 47.5 Å². The molecule has 0 aliphatic heterocycles. The zero-order valence-electron chi connectivity index (χ0n) is 16.6. The standard InChI is InChI=1S/C21H22O8/c1-13(22)29-21-18(26-3)9-14(10-19(21)27-4)6-8-20(24)28-12-15-5-7-16(23)17(11-15)25-2/h5-11,23H,12H2,1-4H3. The highest BCUT2D eigenvalue weighted by molar-refractivity contribution is 5.87. The molecule has 0 spiro atoms. The molecule has 0 fully saturated rings. The van der Waals surface area contributed by atoms with Crippen LogP contribution in [0.3, 0.4) is 0 Å². The van der Waals surface area contributed by atoms with E-state index in [1.165, 1.54) is 46.5 Å². The number of phenolic OH excluding ortho intramolecular Hbond substituents is 1. The molecule has 0 atom stereocenters. The molecule has 2 rings (SSSR count). The van der Waals surface area contributed by atoms with Crippen LogP contribution >= 0.6 is 0 Å². The van der Waals surface area contributed by atoms with E-state index in [4.69, 9.17) is 23.7 Å². The van der Waals surface area contributed by atoms with Crippen molar-refractivity contribution in [2.45, 2.75) is 13.5 Å². The summed E-state index contributed by atoms with van der Waals surface area (Å²) in [4.78, 5) is 23.3. The van der Waals surface area contributed by atoms with Gasteiger partial charge in [0, 0.05) is 13.0 Å². The van der Waals surface area contributed by atoms with Crippen molar-refractivity contribution in [3.8, 4) is 28.7 Å². The summed E-state index contributed by atoms with van der Waals surface area (Å²) in [5.41, 5.74) is 1.24. The van der Waals surface area contributed by atoms with Crippen LogP contribution in [0.25, 0.3) is 6.08 Å². The Labute approximate surface area is 168 Å². The molecule has 0 aliphatic rings. The summed E-state index contributed by atoms with van der Waals surface area (Å²) in [5, 5.41) is 9.58. The van der Waals surface area contributed by atoms with Crippen LogP contribution in [0, 0.1) is 0 Å². The van der Waals surface area contributed by atoms with Crippen LogP contribution in [0.4, 0.5) is 0 Å². The molecule has 0 amide bonds. The Hall–Kier alpha value is -3.68. The number of carbonyl (C=O) groups excluding carboxylic acids is 2. The van der Waals surface area contributed by atoms with Gasteiger partial charge in [0.05, 0.1) is 21.3 Å². The van der Waals surface area contributed by atoms with Gasteiger partial charge in [-0.15, -0.1) is 0 Å². The van der Waals surface area contributed by atoms with E-state index in [2.05, 4.69) is 0 Å². The lowest BCUT2D eigenvalue weighted by atomic mass is 10.1. The second kappa shape index (κ2) is 10.0. The molecule has 8 heteroatoms. The summed E-state index contributed by atoms with van der Waals surface area (Å²) >= 11 is 0. The quantitative estimate of drug-likeness (QED) is 0.408. The number of carbonyl (C=O) groups is 2. The fourth-order valence-corrected chi connectivity index (χ4v) is 2.42. The first-order chi connectivity index (χ1) is 13.9. The number of esters is 2. The molecule has 0 saturated carbocycles. The Morgan fingerprint density at radius 3 is 2.14 bits per heavy atom. The highest BCUT2D eigenvalue weighted by Crippen LogP contribution is 2.39. The molecule has 0 aliphatic carbocycles. The van der Waals surface area contributed by atoms with E-state index >= 15 is 0 Å². The fraction of sp³-hybridized carbons (Fsp3) is 0.238. The number of benzene rings is 2. The van der Waals surface area contributed by atoms with Gasteiger partial charge in [0.15, 0.2) is 23.0 Å². The first kappa shape index (κ1) is 21.6. The van der Waals surface area contributed by atoms with E-state index in [1.807, 2.05) is 0 Å². The summed E-state index contributed by atoms with van der Waals surface area (Å²) in [6, 6.07) is 7.85. The minimum absolute atomic E-state index is 0.00238. The van der Waals surface area contributed by atoms with Gasteiger partial charge in [-0.2, -0.15) is 0 Å². The molecular formula is C21H22O8. The lowest BCUT2D eigenvalue weighted by Gasteiger charge is -2.13. The Balaban J connectivity index is 2.10. The van der Waals surface area contributed by atoms with Gasteiger partial charge >= 0.3 is 11.9 Å². The average Bonchev–Trinajstić information content (AvgIpc) is 2.71. The number of ether oxygens (including phenoxy) is 5. The maximum absolute atomic E-state index is 12.0. The van der Waals surface area contributed by atoms with Gasteiger partial charge in [0.1, 0.15) is 6.61 Å². The molecule has 0 heterocycles. The normalized spacial score (nSPS) is 10.5. The third-order valence-electron chi connectivity index (χ3n) is 3.77. The van der Waals surface area contributed by atoms with E-state index in [0.717, 1.165) is 0 Å². The molecule has 154 valence electrons. The van der Waals surface area contributed by atoms with E-state index in [1.54, 1.807) is 24.3 Å². The molecule has 0 unspecified atom stereocenters. The molecule has 29 heavy (non-hydrogen) atoms. The van der Waals surface area contributed by atoms with Gasteiger partial charge < -0.3 is 28.8 Å². The Morgan fingerprint density at radius 1 is 0.966 bits per heavy atom. The lowest BCUT2D eigenvalue weighted by Crippen LogP contribution is -2.05. The number of phenols is 1. The molecule has 2 aromatic rings. The number of hydrogen-bond donors (Lipinski definition) is 1. The van der Waals surface area contributed by atoms with E-state index in [0.29, 0.717) is 16.9 Å². The second-order valence-electron chi connectivity index (χ2n) is 5.80. The maximum Gasteiger partial charge on any atom is 0.331 e. The number of methoxy groups -OCH3 is 3. The van der Waals surface area contributed by atoms with Crippen molar-refractivity contribution in [1.82, 2.24) is 0 Å². The van der Waals surface area contributed by atoms with Crippen molar-refractivity contribution >= 4 is 18.0 Å². The number of hydrogen-bond acceptors (Lipinski definition) is 8. The monoisotopic (exact) mass is 402 g/mol. The van der Waals surface area contributed by atoms with Crippen molar-refractivity contribution < 1.29 is 38.4 Å². The molecule has 0 radical (unpaired) electrons. The first-order valence-corrected chi connectivity index (χ1v) is 8.53. The smallest absolute Gasteiger partial charge is 0.331 e. The van der Waals surface area contributed by atoms with E-state index in [9.17, 15) is 14.7 Å². The summed E-state index contributed by atoms with van der Waals surface area (Å²) in [6.45, 7) is 1.28. The average molecular weight is 402 g/mol. The van der Waals surface area contributed by atoms with Crippen molar-refractivity contribution in [2.24, 2.45) is 0 Å². The van der Waals surface area contributed by atoms with Crippen LogP contribution in [-0.4, -0.2) is 38.4 Å². The van der Waals surface area contributed by atoms with Crippen LogP contribution in [0.1, 0.15) is 18.1 Å². The van der Waals surface area contributed by atoms with Gasteiger partial charge in [-0.05, 0) is 41.5 Å². The third-order valence-corrected chi connectivity index (χ3v) is 3.77. The molecule has 1 N–H and O–H groups in total. The predicted octanol–water partition coefficient (Wildman–Crippen LogP) is 3.10. The largest absolute Gasteiger partial charge is 0.504 e. The van der Waals surface area contributed by atoms with Crippen LogP contribution in [0.5, 0.6) is 28.7 Å². The zero-order valence-corrected chi connectivity index (χ0v) is 16.6. The van der Waals surface area contributed by atoms with Gasteiger partial charge in [0.25, 0.3) is 0 Å². The first-order valence-electron chi connectivity index (χ1n) is 8.53. The van der Waals surface area contributed by atoms with Crippen molar-refractivity contribution in [3.63, 3.8) is 0 Å². The highest BCUT2D eigenvalue weighted by atomic mass is 16.6. The van der Waals surface area contributed by atoms with Crippen LogP contribution in [0.2, 0.25) is 0 Å². The van der Waals surface area contributed by atoms with Crippen LogP contribution in [-0.2, 0) is 20.9 Å². The lowest BCUT2D eigenvalue weighted by molar-refractivity contribution is -0.139. The van der Waals surface area contributed by atoms with Crippen LogP contribution in [0.15, 0.2) is 36.4 Å². The third kappa shape index (κ3) is 5.90. The van der Waals surface area contributed by atoms with Crippen molar-refractivity contribution in [2.75, 3.05) is 21.3 Å². The van der Waals surface area contributed by atoms with Crippen molar-refractivity contribution in [1.29, 1.82) is 0 Å². The molecule has 8 nitrogen and oxygen atoms in total. The van der Waals surface area contributed by atoms with E-state index in [-0.39, 0.29) is 29.6 Å².